The van der Waals surface area contributed by atoms with Crippen LogP contribution in [0.3, 0.4) is 0 Å². The third-order valence-electron chi connectivity index (χ3n) is 2.49. The first-order chi connectivity index (χ1) is 7.99. The summed E-state index contributed by atoms with van der Waals surface area (Å²) in [5.74, 6) is 0.659. The smallest absolute Gasteiger partial charge is 0.259 e. The molecule has 0 aliphatic carbocycles. The van der Waals surface area contributed by atoms with Crippen LogP contribution < -0.4 is 4.72 Å². The zero-order chi connectivity index (χ0) is 12.5. The molecule has 0 spiro atoms. The monoisotopic (exact) mass is 254 g/mol. The number of aromatic nitrogens is 3. The fourth-order valence-corrected chi connectivity index (χ4v) is 2.43. The fraction of sp³-hybridized carbons (Fsp3) is 0.300. The Bertz CT molecular complexity index is 579. The predicted molar refractivity (Wildman–Crippen MR) is 62.8 cm³/mol. The second-order valence-electron chi connectivity index (χ2n) is 3.78. The molecule has 0 saturated heterocycles. The number of hydrogen-bond donors (Lipinski definition) is 2. The van der Waals surface area contributed by atoms with E-state index in [1.807, 2.05) is 6.07 Å². The lowest BCUT2D eigenvalue weighted by molar-refractivity contribution is 0.578. The summed E-state index contributed by atoms with van der Waals surface area (Å²) >= 11 is 0. The second-order valence-corrected chi connectivity index (χ2v) is 5.49. The van der Waals surface area contributed by atoms with Gasteiger partial charge in [-0.25, -0.2) is 18.1 Å². The Morgan fingerprint density at radius 2 is 2.29 bits per heavy atom. The van der Waals surface area contributed by atoms with Crippen molar-refractivity contribution >= 4 is 10.0 Å². The lowest BCUT2D eigenvalue weighted by atomic mass is 10.4. The molecule has 0 bridgehead atoms. The van der Waals surface area contributed by atoms with E-state index in [-0.39, 0.29) is 11.6 Å². The van der Waals surface area contributed by atoms with E-state index in [4.69, 9.17) is 0 Å². The highest BCUT2D eigenvalue weighted by molar-refractivity contribution is 7.89. The normalized spacial score (nSPS) is 11.9. The van der Waals surface area contributed by atoms with Crippen LogP contribution in [0.15, 0.2) is 29.7 Å². The molecule has 0 saturated carbocycles. The highest BCUT2D eigenvalue weighted by Gasteiger charge is 2.17. The minimum atomic E-state index is -3.53. The van der Waals surface area contributed by atoms with Crippen LogP contribution in [-0.4, -0.2) is 23.0 Å². The number of imidazole rings is 1. The van der Waals surface area contributed by atoms with Gasteiger partial charge >= 0.3 is 0 Å². The SMILES string of the molecule is Cc1nc(S(=O)(=O)NCc2cc[nH]c2)cn1C. The standard InChI is InChI=1S/C10H14N4O2S/c1-8-13-10(7-14(8)2)17(15,16)12-6-9-3-4-11-5-9/h3-5,7,11-12H,6H2,1-2H3. The van der Waals surface area contributed by atoms with Crippen LogP contribution in [0.2, 0.25) is 0 Å². The van der Waals surface area contributed by atoms with Gasteiger partial charge in [-0.15, -0.1) is 0 Å². The molecule has 0 aromatic carbocycles. The fourth-order valence-electron chi connectivity index (χ4n) is 1.38. The van der Waals surface area contributed by atoms with E-state index in [0.717, 1.165) is 5.56 Å². The molecule has 0 amide bonds. The summed E-state index contributed by atoms with van der Waals surface area (Å²) in [6.45, 7) is 2.01. The summed E-state index contributed by atoms with van der Waals surface area (Å²) in [7, 11) is -1.78. The van der Waals surface area contributed by atoms with Crippen LogP contribution in [0, 0.1) is 6.92 Å². The number of nitrogens with zero attached hydrogens (tertiary/aromatic N) is 2. The van der Waals surface area contributed by atoms with Crippen molar-refractivity contribution < 1.29 is 8.42 Å². The lowest BCUT2D eigenvalue weighted by Crippen LogP contribution is -2.23. The molecule has 0 atom stereocenters. The van der Waals surface area contributed by atoms with Gasteiger partial charge in [0.2, 0.25) is 0 Å². The number of nitrogens with one attached hydrogen (secondary N) is 2. The molecule has 7 heteroatoms. The lowest BCUT2D eigenvalue weighted by Gasteiger charge is -2.01. The molecule has 92 valence electrons. The Kier molecular flexibility index (Phi) is 3.03. The van der Waals surface area contributed by atoms with Crippen molar-refractivity contribution in [3.05, 3.63) is 36.0 Å². The van der Waals surface area contributed by atoms with Gasteiger partial charge in [-0.1, -0.05) is 0 Å². The van der Waals surface area contributed by atoms with Crippen LogP contribution in [0.25, 0.3) is 0 Å². The van der Waals surface area contributed by atoms with Crippen LogP contribution in [0.4, 0.5) is 0 Å². The highest BCUT2D eigenvalue weighted by Crippen LogP contribution is 2.08. The van der Waals surface area contributed by atoms with Crippen molar-refractivity contribution in [1.82, 2.24) is 19.3 Å². The van der Waals surface area contributed by atoms with Crippen LogP contribution in [0.1, 0.15) is 11.4 Å². The summed E-state index contributed by atoms with van der Waals surface area (Å²) in [5.41, 5.74) is 0.876. The Morgan fingerprint density at radius 1 is 1.53 bits per heavy atom. The average Bonchev–Trinajstić information content (AvgIpc) is 2.87. The minimum absolute atomic E-state index is 0.0491. The number of rotatable bonds is 4. The van der Waals surface area contributed by atoms with Gasteiger partial charge in [-0.3, -0.25) is 0 Å². The van der Waals surface area contributed by atoms with Gasteiger partial charge in [-0.05, 0) is 18.6 Å². The molecular weight excluding hydrogens is 240 g/mol. The number of hydrogen-bond acceptors (Lipinski definition) is 3. The molecule has 2 rings (SSSR count). The topological polar surface area (TPSA) is 79.8 Å². The van der Waals surface area contributed by atoms with E-state index in [1.165, 1.54) is 6.20 Å². The molecule has 6 nitrogen and oxygen atoms in total. The molecule has 2 N–H and O–H groups in total. The van der Waals surface area contributed by atoms with Crippen LogP contribution >= 0.6 is 0 Å². The first-order valence-corrected chi connectivity index (χ1v) is 6.58. The molecule has 0 unspecified atom stereocenters. The zero-order valence-corrected chi connectivity index (χ0v) is 10.5. The minimum Gasteiger partial charge on any atom is -0.367 e. The van der Waals surface area contributed by atoms with Crippen LogP contribution in [0.5, 0.6) is 0 Å². The third-order valence-corrected chi connectivity index (χ3v) is 3.76. The first-order valence-electron chi connectivity index (χ1n) is 5.10. The van der Waals surface area contributed by atoms with Crippen molar-refractivity contribution in [2.75, 3.05) is 0 Å². The van der Waals surface area contributed by atoms with E-state index in [0.29, 0.717) is 5.82 Å². The second kappa shape index (κ2) is 4.34. The molecule has 2 heterocycles. The van der Waals surface area contributed by atoms with Gasteiger partial charge in [0.25, 0.3) is 10.0 Å². The molecule has 2 aromatic heterocycles. The zero-order valence-electron chi connectivity index (χ0n) is 9.64. The van der Waals surface area contributed by atoms with Gasteiger partial charge in [0, 0.05) is 32.2 Å². The predicted octanol–water partition coefficient (Wildman–Crippen LogP) is 0.535. The van der Waals surface area contributed by atoms with E-state index in [9.17, 15) is 8.42 Å². The molecule has 0 radical (unpaired) electrons. The molecule has 0 fully saturated rings. The first kappa shape index (κ1) is 11.9. The number of H-pyrrole nitrogens is 1. The number of sulfonamides is 1. The summed E-state index contributed by atoms with van der Waals surface area (Å²) in [6.07, 6.45) is 4.98. The van der Waals surface area contributed by atoms with Crippen molar-refractivity contribution in [2.45, 2.75) is 18.5 Å². The van der Waals surface area contributed by atoms with Crippen LogP contribution in [-0.2, 0) is 23.6 Å². The maximum atomic E-state index is 11.9. The maximum absolute atomic E-state index is 11.9. The quantitative estimate of drug-likeness (QED) is 0.835. The van der Waals surface area contributed by atoms with E-state index in [1.54, 1.807) is 30.9 Å². The summed E-state index contributed by atoms with van der Waals surface area (Å²) in [6, 6.07) is 1.81. The van der Waals surface area contributed by atoms with Gasteiger partial charge in [0.05, 0.1) is 0 Å². The molecule has 2 aromatic rings. The van der Waals surface area contributed by atoms with Gasteiger partial charge in [0.15, 0.2) is 5.03 Å². The van der Waals surface area contributed by atoms with Gasteiger partial charge in [0.1, 0.15) is 5.82 Å². The van der Waals surface area contributed by atoms with E-state index >= 15 is 0 Å². The van der Waals surface area contributed by atoms with Crippen molar-refractivity contribution in [3.63, 3.8) is 0 Å². The Hall–Kier alpha value is -1.60. The van der Waals surface area contributed by atoms with Gasteiger partial charge in [-0.2, -0.15) is 0 Å². The Labute approximate surface area is 99.7 Å². The van der Waals surface area contributed by atoms with E-state index < -0.39 is 10.0 Å². The number of aromatic amines is 1. The summed E-state index contributed by atoms with van der Waals surface area (Å²) in [5, 5.41) is 0.0491. The molecular formula is C10H14N4O2S. The largest absolute Gasteiger partial charge is 0.367 e. The third kappa shape index (κ3) is 2.56. The number of aryl methyl sites for hydroxylation is 2. The molecule has 0 aliphatic heterocycles. The van der Waals surface area contributed by atoms with Crippen molar-refractivity contribution in [1.29, 1.82) is 0 Å². The van der Waals surface area contributed by atoms with Crippen molar-refractivity contribution in [3.8, 4) is 0 Å². The average molecular weight is 254 g/mol. The van der Waals surface area contributed by atoms with Crippen molar-refractivity contribution in [2.24, 2.45) is 7.05 Å². The summed E-state index contributed by atoms with van der Waals surface area (Å²) < 4.78 is 28.0. The Morgan fingerprint density at radius 3 is 2.82 bits per heavy atom. The maximum Gasteiger partial charge on any atom is 0.259 e. The summed E-state index contributed by atoms with van der Waals surface area (Å²) in [4.78, 5) is 6.85. The van der Waals surface area contributed by atoms with E-state index in [2.05, 4.69) is 14.7 Å². The molecule has 0 aliphatic rings. The Balaban J connectivity index is 2.14. The molecule has 17 heavy (non-hydrogen) atoms. The highest BCUT2D eigenvalue weighted by atomic mass is 32.2. The van der Waals surface area contributed by atoms with Gasteiger partial charge < -0.3 is 9.55 Å².